The van der Waals surface area contributed by atoms with Crippen LogP contribution in [-0.4, -0.2) is 130 Å². The van der Waals surface area contributed by atoms with Crippen molar-refractivity contribution in [3.63, 3.8) is 0 Å². The van der Waals surface area contributed by atoms with Gasteiger partial charge >= 0.3 is 6.09 Å². The zero-order valence-electron chi connectivity index (χ0n) is 38.4. The molecule has 5 aromatic rings. The van der Waals surface area contributed by atoms with Gasteiger partial charge in [0.05, 0.1) is 43.4 Å². The number of piperidine rings is 2. The SMILES string of the molecule is C#CCNC1(C)CCN(C2CCN(c3nc([C@@](COCNC(=O)CNC(=O)[C@H](CC(N)=O)NC(=O)O)(OC4CC4)c4ccccc4)c4cc(-c5cn(C)c(=O)c6[nH]ccc56)ccc4n3)CC2)CC1. The molecule has 8 N–H and O–H groups in total. The van der Waals surface area contributed by atoms with Crippen LogP contribution in [0.4, 0.5) is 10.7 Å². The van der Waals surface area contributed by atoms with Gasteiger partial charge in [-0.2, -0.15) is 0 Å². The Balaban J connectivity index is 1.11. The van der Waals surface area contributed by atoms with Crippen molar-refractivity contribution in [3.05, 3.63) is 88.6 Å². The maximum atomic E-state index is 13.1. The molecule has 3 aliphatic rings. The van der Waals surface area contributed by atoms with Crippen molar-refractivity contribution in [2.45, 2.75) is 81.2 Å². The molecule has 0 spiro atoms. The standard InChI is InChI=1S/C49H59N11O8/c1-4-19-54-48(2)17-23-59(24-18-48)33-15-21-60(22-16-33)46-55-38-13-10-31(37-28-58(3)45(64)42-35(37)14-20-51-42)25-36(38)43(57-46)49(68-34-11-12-34,32-8-6-5-7-9-32)29-67-30-53-41(62)27-52-44(63)39(26-40(50)61)56-47(65)66/h1,5-10,13-14,20,25,28,33-34,39,51,54,56H,11-12,15-19,21-24,26-27,29-30H2,2-3H3,(H2,50,61)(H,52,63)(H,53,62)(H,65,66)/t39-,49-/m0/s1. The van der Waals surface area contributed by atoms with Gasteiger partial charge in [0.15, 0.2) is 5.60 Å². The molecule has 1 saturated carbocycles. The third kappa shape index (κ3) is 10.8. The second-order valence-electron chi connectivity index (χ2n) is 18.2. The molecule has 19 heteroatoms. The lowest BCUT2D eigenvalue weighted by atomic mass is 9.87. The van der Waals surface area contributed by atoms with E-state index >= 15 is 0 Å². The van der Waals surface area contributed by atoms with Crippen LogP contribution in [0.15, 0.2) is 71.8 Å². The number of carbonyl (C=O) groups excluding carboxylic acids is 3. The average Bonchev–Trinajstić information content (AvgIpc) is 4.02. The summed E-state index contributed by atoms with van der Waals surface area (Å²) < 4.78 is 15.1. The van der Waals surface area contributed by atoms with Gasteiger partial charge in [-0.05, 0) is 74.8 Å². The number of likely N-dealkylation sites (tertiary alicyclic amines) is 1. The molecule has 2 aromatic carbocycles. The number of carboxylic acid groups (broad SMARTS) is 1. The fraction of sp³-hybridized carbons (Fsp3) is 0.449. The number of aromatic nitrogens is 4. The highest BCUT2D eigenvalue weighted by atomic mass is 16.6. The summed E-state index contributed by atoms with van der Waals surface area (Å²) in [5, 5.41) is 21.1. The summed E-state index contributed by atoms with van der Waals surface area (Å²) in [5.74, 6) is 0.862. The number of nitrogens with zero attached hydrogens (tertiary/aromatic N) is 5. The number of fused-ring (bicyclic) bond motifs is 2. The third-order valence-electron chi connectivity index (χ3n) is 13.3. The van der Waals surface area contributed by atoms with Crippen LogP contribution in [0.5, 0.6) is 0 Å². The fourth-order valence-corrected chi connectivity index (χ4v) is 9.35. The van der Waals surface area contributed by atoms with Crippen LogP contribution in [0.3, 0.4) is 0 Å². The summed E-state index contributed by atoms with van der Waals surface area (Å²) in [6.07, 6.45) is 12.5. The molecule has 0 radical (unpaired) electrons. The Morgan fingerprint density at radius 3 is 2.46 bits per heavy atom. The number of pyridine rings is 1. The summed E-state index contributed by atoms with van der Waals surface area (Å²) in [4.78, 5) is 80.1. The van der Waals surface area contributed by atoms with Crippen LogP contribution in [0.2, 0.25) is 0 Å². The van der Waals surface area contributed by atoms with E-state index in [0.29, 0.717) is 40.6 Å². The monoisotopic (exact) mass is 929 g/mol. The molecular weight excluding hydrogens is 871 g/mol. The Bertz CT molecular complexity index is 2740. The smallest absolute Gasteiger partial charge is 0.405 e. The zero-order valence-corrected chi connectivity index (χ0v) is 38.4. The van der Waals surface area contributed by atoms with Crippen molar-refractivity contribution in [1.82, 2.24) is 45.7 Å². The Hall–Kier alpha value is -6.85. The van der Waals surface area contributed by atoms with Crippen LogP contribution in [-0.2, 0) is 36.5 Å². The second-order valence-corrected chi connectivity index (χ2v) is 18.2. The van der Waals surface area contributed by atoms with Gasteiger partial charge in [0.2, 0.25) is 23.7 Å². The Morgan fingerprint density at radius 2 is 1.76 bits per heavy atom. The summed E-state index contributed by atoms with van der Waals surface area (Å²) >= 11 is 0. The first-order chi connectivity index (χ1) is 32.8. The number of H-pyrrole nitrogens is 1. The summed E-state index contributed by atoms with van der Waals surface area (Å²) in [5.41, 5.74) is 7.98. The van der Waals surface area contributed by atoms with Gasteiger partial charge in [-0.15, -0.1) is 6.42 Å². The lowest BCUT2D eigenvalue weighted by Gasteiger charge is -2.45. The zero-order chi connectivity index (χ0) is 48.0. The maximum absolute atomic E-state index is 13.1. The van der Waals surface area contributed by atoms with E-state index in [1.807, 2.05) is 66.1 Å². The molecule has 358 valence electrons. The number of hydrogen-bond acceptors (Lipinski definition) is 12. The topological polar surface area (TPSA) is 251 Å². The minimum atomic E-state index is -1.53. The number of nitrogens with one attached hydrogen (secondary N) is 5. The lowest BCUT2D eigenvalue weighted by Crippen LogP contribution is -2.55. The van der Waals surface area contributed by atoms with Crippen LogP contribution < -0.4 is 37.5 Å². The van der Waals surface area contributed by atoms with Crippen molar-refractivity contribution in [2.24, 2.45) is 12.8 Å². The van der Waals surface area contributed by atoms with Crippen molar-refractivity contribution < 1.29 is 33.8 Å². The van der Waals surface area contributed by atoms with E-state index in [-0.39, 0.29) is 30.5 Å². The molecule has 2 saturated heterocycles. The molecule has 3 aromatic heterocycles. The third-order valence-corrected chi connectivity index (χ3v) is 13.3. The van der Waals surface area contributed by atoms with Gasteiger partial charge in [-0.3, -0.25) is 19.2 Å². The Morgan fingerprint density at radius 1 is 1.01 bits per heavy atom. The number of ether oxygens (including phenoxy) is 2. The lowest BCUT2D eigenvalue weighted by molar-refractivity contribution is -0.130. The maximum Gasteiger partial charge on any atom is 0.405 e. The molecule has 5 heterocycles. The summed E-state index contributed by atoms with van der Waals surface area (Å²) in [7, 11) is 1.73. The highest BCUT2D eigenvalue weighted by Gasteiger charge is 2.45. The Labute approximate surface area is 393 Å². The number of amides is 4. The minimum Gasteiger partial charge on any atom is -0.465 e. The van der Waals surface area contributed by atoms with E-state index in [1.54, 1.807) is 17.8 Å². The summed E-state index contributed by atoms with van der Waals surface area (Å²) in [6.45, 7) is 5.40. The van der Waals surface area contributed by atoms with E-state index in [0.717, 1.165) is 86.8 Å². The molecular formula is C49H59N11O8. The van der Waals surface area contributed by atoms with Crippen LogP contribution in [0, 0.1) is 12.3 Å². The molecule has 0 unspecified atom stereocenters. The molecule has 8 rings (SSSR count). The quantitative estimate of drug-likeness (QED) is 0.0358. The number of primary amides is 1. The first kappa shape index (κ1) is 47.6. The number of carbonyl (C=O) groups is 4. The second kappa shape index (κ2) is 20.6. The highest BCUT2D eigenvalue weighted by molar-refractivity contribution is 5.97. The van der Waals surface area contributed by atoms with Crippen LogP contribution in [0.25, 0.3) is 32.9 Å². The van der Waals surface area contributed by atoms with E-state index in [1.165, 1.54) is 0 Å². The first-order valence-electron chi connectivity index (χ1n) is 23.1. The van der Waals surface area contributed by atoms with Gasteiger partial charge in [0, 0.05) is 73.5 Å². The molecule has 1 aliphatic carbocycles. The number of aryl methyl sites for hydroxylation is 1. The van der Waals surface area contributed by atoms with Crippen molar-refractivity contribution >= 4 is 51.6 Å². The van der Waals surface area contributed by atoms with Gasteiger partial charge in [-0.25, -0.2) is 14.8 Å². The number of aromatic amines is 1. The molecule has 0 bridgehead atoms. The van der Waals surface area contributed by atoms with E-state index in [2.05, 4.69) is 43.6 Å². The summed E-state index contributed by atoms with van der Waals surface area (Å²) in [6, 6.07) is 16.6. The number of hydrogen-bond donors (Lipinski definition) is 7. The molecule has 2 atom stereocenters. The van der Waals surface area contributed by atoms with Crippen molar-refractivity contribution in [2.75, 3.05) is 57.5 Å². The van der Waals surface area contributed by atoms with Gasteiger partial charge in [0.25, 0.3) is 5.56 Å². The van der Waals surface area contributed by atoms with Gasteiger partial charge in [-0.1, -0.05) is 42.3 Å². The van der Waals surface area contributed by atoms with Crippen molar-refractivity contribution in [1.29, 1.82) is 0 Å². The van der Waals surface area contributed by atoms with E-state index in [4.69, 9.17) is 36.7 Å². The molecule has 19 nitrogen and oxygen atoms in total. The fourth-order valence-electron chi connectivity index (χ4n) is 9.35. The largest absolute Gasteiger partial charge is 0.465 e. The Kier molecular flexibility index (Phi) is 14.4. The van der Waals surface area contributed by atoms with Crippen molar-refractivity contribution in [3.8, 4) is 23.5 Å². The molecule has 2 aliphatic heterocycles. The predicted octanol–water partition coefficient (Wildman–Crippen LogP) is 2.66. The number of nitrogens with two attached hydrogens (primary N) is 1. The predicted molar refractivity (Wildman–Crippen MR) is 255 cm³/mol. The first-order valence-corrected chi connectivity index (χ1v) is 23.1. The number of anilines is 1. The van der Waals surface area contributed by atoms with Gasteiger partial charge < -0.3 is 60.9 Å². The van der Waals surface area contributed by atoms with E-state index < -0.39 is 48.4 Å². The van der Waals surface area contributed by atoms with Crippen LogP contribution in [0.1, 0.15) is 63.1 Å². The minimum absolute atomic E-state index is 0.0327. The van der Waals surface area contributed by atoms with Gasteiger partial charge in [0.1, 0.15) is 18.3 Å². The molecule has 4 amide bonds. The highest BCUT2D eigenvalue weighted by Crippen LogP contribution is 2.44. The number of rotatable bonds is 19. The van der Waals surface area contributed by atoms with E-state index in [9.17, 15) is 24.0 Å². The van der Waals surface area contributed by atoms with Crippen LogP contribution >= 0.6 is 0 Å². The molecule has 3 fully saturated rings. The number of terminal acetylenes is 1. The molecule has 68 heavy (non-hydrogen) atoms. The average molecular weight is 930 g/mol. The normalized spacial score (nSPS) is 17.8. The number of benzene rings is 2.